The zero-order valence-corrected chi connectivity index (χ0v) is 17.9. The number of urea groups is 1. The molecule has 0 bridgehead atoms. The van der Waals surface area contributed by atoms with Crippen molar-refractivity contribution in [3.8, 4) is 16.9 Å². The number of hydroxylamine groups is 2. The Bertz CT molecular complexity index is 826. The third-order valence-corrected chi connectivity index (χ3v) is 4.82. The van der Waals surface area contributed by atoms with E-state index in [1.807, 2.05) is 36.4 Å². The minimum Gasteiger partial charge on any atom is -0.507 e. The summed E-state index contributed by atoms with van der Waals surface area (Å²) in [5, 5.41) is 24.1. The summed E-state index contributed by atoms with van der Waals surface area (Å²) >= 11 is 0. The lowest BCUT2D eigenvalue weighted by Crippen LogP contribution is -2.34. The van der Waals surface area contributed by atoms with Gasteiger partial charge in [-0.3, -0.25) is 5.21 Å². The van der Waals surface area contributed by atoms with Crippen LogP contribution in [0.1, 0.15) is 58.2 Å². The van der Waals surface area contributed by atoms with Crippen molar-refractivity contribution in [1.29, 1.82) is 0 Å². The Labute approximate surface area is 168 Å². The highest BCUT2D eigenvalue weighted by molar-refractivity contribution is 5.74. The topological polar surface area (TPSA) is 72.8 Å². The molecule has 5 nitrogen and oxygen atoms in total. The second-order valence-corrected chi connectivity index (χ2v) is 9.19. The highest BCUT2D eigenvalue weighted by Gasteiger charge is 2.27. The lowest BCUT2D eigenvalue weighted by Gasteiger charge is -2.28. The van der Waals surface area contributed by atoms with Crippen molar-refractivity contribution in [1.82, 2.24) is 10.4 Å². The molecule has 152 valence electrons. The van der Waals surface area contributed by atoms with Crippen molar-refractivity contribution in [3.63, 3.8) is 0 Å². The number of carbonyl (C=O) groups is 1. The van der Waals surface area contributed by atoms with Crippen molar-refractivity contribution >= 4 is 6.03 Å². The molecule has 0 aromatic heterocycles. The van der Waals surface area contributed by atoms with Crippen molar-refractivity contribution in [3.05, 3.63) is 53.1 Å². The van der Waals surface area contributed by atoms with Crippen LogP contribution in [-0.2, 0) is 17.4 Å². The summed E-state index contributed by atoms with van der Waals surface area (Å²) in [4.78, 5) is 11.7. The molecule has 0 fully saturated rings. The van der Waals surface area contributed by atoms with Gasteiger partial charge in [0, 0.05) is 18.2 Å². The molecule has 0 aliphatic heterocycles. The van der Waals surface area contributed by atoms with Gasteiger partial charge in [-0.05, 0) is 39.7 Å². The van der Waals surface area contributed by atoms with Crippen molar-refractivity contribution < 1.29 is 15.1 Å². The number of phenols is 1. The summed E-state index contributed by atoms with van der Waals surface area (Å²) in [5.41, 5.74) is 3.96. The van der Waals surface area contributed by atoms with Crippen LogP contribution in [0.25, 0.3) is 11.1 Å². The summed E-state index contributed by atoms with van der Waals surface area (Å²) < 4.78 is 0. The number of hydrogen-bond acceptors (Lipinski definition) is 3. The van der Waals surface area contributed by atoms with Gasteiger partial charge in [-0.1, -0.05) is 65.8 Å². The van der Waals surface area contributed by atoms with Gasteiger partial charge >= 0.3 is 6.03 Å². The zero-order chi connectivity index (χ0) is 21.3. The van der Waals surface area contributed by atoms with Crippen LogP contribution >= 0.6 is 0 Å². The molecule has 0 unspecified atom stereocenters. The number of nitrogens with one attached hydrogen (secondary N) is 1. The predicted molar refractivity (Wildman–Crippen MR) is 113 cm³/mol. The fraction of sp³-hybridized carbons (Fsp3) is 0.435. The van der Waals surface area contributed by atoms with Crippen LogP contribution in [0.15, 0.2) is 36.4 Å². The Balaban J connectivity index is 2.67. The Morgan fingerprint density at radius 1 is 1.00 bits per heavy atom. The molecule has 2 amide bonds. The molecular weight excluding hydrogens is 352 g/mol. The molecule has 0 heterocycles. The van der Waals surface area contributed by atoms with E-state index < -0.39 is 6.03 Å². The van der Waals surface area contributed by atoms with E-state index in [1.165, 1.54) is 7.05 Å². The molecule has 0 aliphatic rings. The maximum absolute atomic E-state index is 11.7. The minimum atomic E-state index is -0.564. The van der Waals surface area contributed by atoms with Crippen molar-refractivity contribution in [2.45, 2.75) is 58.9 Å². The molecule has 2 rings (SSSR count). The van der Waals surface area contributed by atoms with Crippen LogP contribution in [0, 0.1) is 0 Å². The molecule has 0 aliphatic carbocycles. The first-order chi connectivity index (χ1) is 12.9. The molecule has 5 heteroatoms. The van der Waals surface area contributed by atoms with E-state index in [1.54, 1.807) is 0 Å². The maximum atomic E-state index is 11.7. The summed E-state index contributed by atoms with van der Waals surface area (Å²) in [5.74, 6) is 0.329. The van der Waals surface area contributed by atoms with Crippen LogP contribution in [0.5, 0.6) is 5.75 Å². The number of carbonyl (C=O) groups excluding carboxylic acids is 1. The average Bonchev–Trinajstić information content (AvgIpc) is 2.59. The fourth-order valence-electron chi connectivity index (χ4n) is 3.24. The number of aromatic hydroxyl groups is 1. The van der Waals surface area contributed by atoms with E-state index in [4.69, 9.17) is 0 Å². The van der Waals surface area contributed by atoms with Gasteiger partial charge in [0.15, 0.2) is 0 Å². The SMILES string of the molecule is CNC(=O)N(O)Cc1ccccc1-c1cc(C(C)(C)C)c(O)c(C(C)(C)C)c1. The van der Waals surface area contributed by atoms with Gasteiger partial charge in [0.25, 0.3) is 0 Å². The van der Waals surface area contributed by atoms with Gasteiger partial charge in [0.05, 0.1) is 6.54 Å². The largest absolute Gasteiger partial charge is 0.507 e. The zero-order valence-electron chi connectivity index (χ0n) is 17.9. The highest BCUT2D eigenvalue weighted by atomic mass is 16.5. The quantitative estimate of drug-likeness (QED) is 0.504. The molecule has 0 spiro atoms. The minimum absolute atomic E-state index is 0.0619. The molecule has 0 atom stereocenters. The summed E-state index contributed by atoms with van der Waals surface area (Å²) in [6.45, 7) is 12.5. The van der Waals surface area contributed by atoms with E-state index in [2.05, 4.69) is 46.9 Å². The van der Waals surface area contributed by atoms with E-state index in [0.717, 1.165) is 27.8 Å². The summed E-state index contributed by atoms with van der Waals surface area (Å²) in [7, 11) is 1.47. The molecule has 0 saturated heterocycles. The second kappa shape index (κ2) is 7.84. The van der Waals surface area contributed by atoms with Gasteiger partial charge in [0.2, 0.25) is 0 Å². The van der Waals surface area contributed by atoms with Gasteiger partial charge < -0.3 is 10.4 Å². The van der Waals surface area contributed by atoms with E-state index in [0.29, 0.717) is 10.8 Å². The standard InChI is InChI=1S/C23H32N2O3/c1-22(2,3)18-12-16(13-19(20(18)26)23(4,5)6)17-11-9-8-10-15(17)14-25(28)21(27)24-7/h8-13,26,28H,14H2,1-7H3,(H,24,27). The second-order valence-electron chi connectivity index (χ2n) is 9.19. The molecule has 2 aromatic rings. The van der Waals surface area contributed by atoms with Crippen LogP contribution in [0.4, 0.5) is 4.79 Å². The maximum Gasteiger partial charge on any atom is 0.341 e. The third kappa shape index (κ3) is 4.65. The molecule has 2 aromatic carbocycles. The van der Waals surface area contributed by atoms with E-state index in [9.17, 15) is 15.1 Å². The number of hydrogen-bond donors (Lipinski definition) is 3. The number of amides is 2. The molecule has 0 radical (unpaired) electrons. The molecule has 3 N–H and O–H groups in total. The van der Waals surface area contributed by atoms with Crippen molar-refractivity contribution in [2.24, 2.45) is 0 Å². The normalized spacial score (nSPS) is 12.0. The highest BCUT2D eigenvalue weighted by Crippen LogP contribution is 2.42. The first-order valence-electron chi connectivity index (χ1n) is 9.50. The van der Waals surface area contributed by atoms with Crippen LogP contribution in [0.2, 0.25) is 0 Å². The van der Waals surface area contributed by atoms with E-state index >= 15 is 0 Å². The Kier molecular flexibility index (Phi) is 6.09. The van der Waals surface area contributed by atoms with Gasteiger partial charge in [-0.15, -0.1) is 0 Å². The Morgan fingerprint density at radius 2 is 1.50 bits per heavy atom. The molecule has 0 saturated carbocycles. The van der Waals surface area contributed by atoms with Crippen molar-refractivity contribution in [2.75, 3.05) is 7.05 Å². The van der Waals surface area contributed by atoms with E-state index in [-0.39, 0.29) is 17.4 Å². The average molecular weight is 385 g/mol. The predicted octanol–water partition coefficient (Wildman–Crippen LogP) is 5.18. The number of benzene rings is 2. The summed E-state index contributed by atoms with van der Waals surface area (Å²) in [6, 6.07) is 11.1. The lowest BCUT2D eigenvalue weighted by atomic mass is 9.77. The first kappa shape index (κ1) is 21.8. The van der Waals surface area contributed by atoms with Gasteiger partial charge in [-0.25, -0.2) is 9.86 Å². The van der Waals surface area contributed by atoms with Gasteiger partial charge in [0.1, 0.15) is 5.75 Å². The molecular formula is C23H32N2O3. The number of rotatable bonds is 3. The number of phenolic OH excluding ortho intramolecular Hbond substituents is 1. The Hall–Kier alpha value is -2.53. The smallest absolute Gasteiger partial charge is 0.341 e. The summed E-state index contributed by atoms with van der Waals surface area (Å²) in [6.07, 6.45) is 0. The third-order valence-electron chi connectivity index (χ3n) is 4.82. The van der Waals surface area contributed by atoms with Crippen LogP contribution < -0.4 is 5.32 Å². The Morgan fingerprint density at radius 3 is 1.96 bits per heavy atom. The van der Waals surface area contributed by atoms with Gasteiger partial charge in [-0.2, -0.15) is 0 Å². The monoisotopic (exact) mass is 384 g/mol. The number of nitrogens with zero attached hydrogens (tertiary/aromatic N) is 1. The fourth-order valence-corrected chi connectivity index (χ4v) is 3.24. The van der Waals surface area contributed by atoms with Crippen LogP contribution in [0.3, 0.4) is 0 Å². The van der Waals surface area contributed by atoms with Crippen LogP contribution in [-0.4, -0.2) is 28.5 Å². The first-order valence-corrected chi connectivity index (χ1v) is 9.50. The molecule has 28 heavy (non-hydrogen) atoms. The lowest BCUT2D eigenvalue weighted by molar-refractivity contribution is -0.0499.